The molecule has 1 heterocycles. The molecule has 5 nitrogen and oxygen atoms in total. The van der Waals surface area contributed by atoms with Crippen LogP contribution in [0.3, 0.4) is 0 Å². The summed E-state index contributed by atoms with van der Waals surface area (Å²) in [4.78, 5) is 25.3. The van der Waals surface area contributed by atoms with E-state index in [4.69, 9.17) is 0 Å². The van der Waals surface area contributed by atoms with Crippen molar-refractivity contribution < 1.29 is 9.59 Å². The summed E-state index contributed by atoms with van der Waals surface area (Å²) < 4.78 is 0. The van der Waals surface area contributed by atoms with E-state index in [1.807, 2.05) is 23.1 Å². The number of likely N-dealkylation sites (tertiary alicyclic amines) is 1. The van der Waals surface area contributed by atoms with Gasteiger partial charge in [-0.1, -0.05) is 37.3 Å². The fourth-order valence-electron chi connectivity index (χ4n) is 3.09. The van der Waals surface area contributed by atoms with Gasteiger partial charge >= 0.3 is 0 Å². The van der Waals surface area contributed by atoms with Crippen LogP contribution >= 0.6 is 0 Å². The molecule has 0 bridgehead atoms. The van der Waals surface area contributed by atoms with Crippen molar-refractivity contribution >= 4 is 11.8 Å². The zero-order chi connectivity index (χ0) is 17.5. The van der Waals surface area contributed by atoms with Gasteiger partial charge in [0, 0.05) is 32.1 Å². The second-order valence-electron chi connectivity index (χ2n) is 6.72. The van der Waals surface area contributed by atoms with Crippen LogP contribution in [0.4, 0.5) is 0 Å². The first-order valence-corrected chi connectivity index (χ1v) is 8.80. The van der Waals surface area contributed by atoms with Gasteiger partial charge in [0.05, 0.1) is 6.54 Å². The van der Waals surface area contributed by atoms with Gasteiger partial charge in [0.2, 0.25) is 11.8 Å². The standard InChI is InChI=1S/C19H29N3O2/c1-14(17-7-5-4-6-8-17)15(2)20-13-19(24)21-18-9-11-22(12-10-18)16(3)23/h4-8,14-15,18,20H,9-13H2,1-3H3,(H,21,24)/t14-,15+/m1/s1. The predicted octanol–water partition coefficient (Wildman–Crippen LogP) is 1.90. The van der Waals surface area contributed by atoms with Gasteiger partial charge in [-0.05, 0) is 31.2 Å². The molecule has 1 aliphatic rings. The summed E-state index contributed by atoms with van der Waals surface area (Å²) in [6, 6.07) is 10.7. The van der Waals surface area contributed by atoms with Crippen molar-refractivity contribution in [2.24, 2.45) is 0 Å². The molecule has 0 radical (unpaired) electrons. The number of hydrogen-bond donors (Lipinski definition) is 2. The number of benzene rings is 1. The van der Waals surface area contributed by atoms with Gasteiger partial charge < -0.3 is 15.5 Å². The van der Waals surface area contributed by atoms with E-state index in [1.165, 1.54) is 5.56 Å². The quantitative estimate of drug-likeness (QED) is 0.837. The molecule has 0 aromatic heterocycles. The Kier molecular flexibility index (Phi) is 6.79. The topological polar surface area (TPSA) is 61.4 Å². The molecular weight excluding hydrogens is 302 g/mol. The first kappa shape index (κ1) is 18.5. The molecule has 1 aromatic carbocycles. The zero-order valence-corrected chi connectivity index (χ0v) is 14.9. The number of carbonyl (C=O) groups excluding carboxylic acids is 2. The highest BCUT2D eigenvalue weighted by Gasteiger charge is 2.22. The third-order valence-corrected chi connectivity index (χ3v) is 4.97. The van der Waals surface area contributed by atoms with Crippen molar-refractivity contribution in [2.75, 3.05) is 19.6 Å². The van der Waals surface area contributed by atoms with Gasteiger partial charge in [-0.3, -0.25) is 9.59 Å². The first-order valence-electron chi connectivity index (χ1n) is 8.80. The van der Waals surface area contributed by atoms with Gasteiger partial charge in [-0.2, -0.15) is 0 Å². The Bertz CT molecular complexity index is 539. The van der Waals surface area contributed by atoms with Crippen molar-refractivity contribution in [3.05, 3.63) is 35.9 Å². The van der Waals surface area contributed by atoms with Crippen LogP contribution < -0.4 is 10.6 Å². The van der Waals surface area contributed by atoms with Crippen LogP contribution in [0.5, 0.6) is 0 Å². The van der Waals surface area contributed by atoms with Gasteiger partial charge in [0.25, 0.3) is 0 Å². The van der Waals surface area contributed by atoms with E-state index in [2.05, 4.69) is 36.6 Å². The summed E-state index contributed by atoms with van der Waals surface area (Å²) >= 11 is 0. The van der Waals surface area contributed by atoms with Crippen LogP contribution in [0.25, 0.3) is 0 Å². The maximum Gasteiger partial charge on any atom is 0.234 e. The number of nitrogens with one attached hydrogen (secondary N) is 2. The van der Waals surface area contributed by atoms with Crippen molar-refractivity contribution in [3.63, 3.8) is 0 Å². The number of carbonyl (C=O) groups is 2. The molecule has 24 heavy (non-hydrogen) atoms. The number of nitrogens with zero attached hydrogens (tertiary/aromatic N) is 1. The molecule has 0 aliphatic carbocycles. The maximum absolute atomic E-state index is 12.1. The molecule has 1 saturated heterocycles. The summed E-state index contributed by atoms with van der Waals surface area (Å²) in [7, 11) is 0. The van der Waals surface area contributed by atoms with Crippen molar-refractivity contribution in [1.29, 1.82) is 0 Å². The van der Waals surface area contributed by atoms with Gasteiger partial charge in [-0.15, -0.1) is 0 Å². The minimum Gasteiger partial charge on any atom is -0.352 e. The van der Waals surface area contributed by atoms with E-state index >= 15 is 0 Å². The van der Waals surface area contributed by atoms with Crippen LogP contribution in [-0.2, 0) is 9.59 Å². The van der Waals surface area contributed by atoms with Crippen molar-refractivity contribution in [2.45, 2.75) is 51.6 Å². The number of hydrogen-bond acceptors (Lipinski definition) is 3. The normalized spacial score (nSPS) is 18.0. The lowest BCUT2D eigenvalue weighted by Crippen LogP contribution is -2.48. The Balaban J connectivity index is 1.70. The van der Waals surface area contributed by atoms with Crippen LogP contribution in [0.2, 0.25) is 0 Å². The van der Waals surface area contributed by atoms with Gasteiger partial charge in [0.1, 0.15) is 0 Å². The molecule has 2 atom stereocenters. The lowest BCUT2D eigenvalue weighted by Gasteiger charge is -2.32. The lowest BCUT2D eigenvalue weighted by atomic mass is 9.94. The van der Waals surface area contributed by atoms with Crippen molar-refractivity contribution in [1.82, 2.24) is 15.5 Å². The summed E-state index contributed by atoms with van der Waals surface area (Å²) in [5.41, 5.74) is 1.27. The third-order valence-electron chi connectivity index (χ3n) is 4.97. The summed E-state index contributed by atoms with van der Waals surface area (Å²) in [6.07, 6.45) is 1.67. The minimum absolute atomic E-state index is 0.0309. The highest BCUT2D eigenvalue weighted by Crippen LogP contribution is 2.18. The van der Waals surface area contributed by atoms with Crippen LogP contribution in [0.1, 0.15) is 45.1 Å². The summed E-state index contributed by atoms with van der Waals surface area (Å²) in [6.45, 7) is 7.66. The largest absolute Gasteiger partial charge is 0.352 e. The Hall–Kier alpha value is -1.88. The van der Waals surface area contributed by atoms with E-state index in [0.717, 1.165) is 25.9 Å². The molecule has 1 aromatic rings. The average molecular weight is 331 g/mol. The summed E-state index contributed by atoms with van der Waals surface area (Å²) in [5.74, 6) is 0.492. The lowest BCUT2D eigenvalue weighted by molar-refractivity contribution is -0.130. The first-order chi connectivity index (χ1) is 11.5. The van der Waals surface area contributed by atoms with Gasteiger partial charge in [0.15, 0.2) is 0 Å². The molecule has 2 amide bonds. The fraction of sp³-hybridized carbons (Fsp3) is 0.579. The van der Waals surface area contributed by atoms with E-state index < -0.39 is 0 Å². The summed E-state index contributed by atoms with van der Waals surface area (Å²) in [5, 5.41) is 6.39. The molecule has 1 fully saturated rings. The fourth-order valence-corrected chi connectivity index (χ4v) is 3.09. The van der Waals surface area contributed by atoms with Crippen LogP contribution in [0.15, 0.2) is 30.3 Å². The van der Waals surface area contributed by atoms with E-state index in [0.29, 0.717) is 12.5 Å². The Labute approximate surface area is 144 Å². The molecule has 0 saturated carbocycles. The Morgan fingerprint density at radius 2 is 1.79 bits per heavy atom. The molecule has 1 aliphatic heterocycles. The third kappa shape index (κ3) is 5.34. The Morgan fingerprint density at radius 1 is 1.17 bits per heavy atom. The molecule has 2 rings (SSSR count). The SMILES string of the molecule is CC(=O)N1CCC(NC(=O)CN[C@@H](C)[C@@H](C)c2ccccc2)CC1. The number of piperidine rings is 1. The van der Waals surface area contributed by atoms with Crippen molar-refractivity contribution in [3.8, 4) is 0 Å². The number of amides is 2. The van der Waals surface area contributed by atoms with E-state index in [9.17, 15) is 9.59 Å². The average Bonchev–Trinajstić information content (AvgIpc) is 2.60. The highest BCUT2D eigenvalue weighted by molar-refractivity contribution is 5.78. The number of rotatable bonds is 6. The molecule has 0 unspecified atom stereocenters. The monoisotopic (exact) mass is 331 g/mol. The minimum atomic E-state index is 0.0309. The predicted molar refractivity (Wildman–Crippen MR) is 95.7 cm³/mol. The molecule has 5 heteroatoms. The molecular formula is C19H29N3O2. The second-order valence-corrected chi connectivity index (χ2v) is 6.72. The zero-order valence-electron chi connectivity index (χ0n) is 14.9. The Morgan fingerprint density at radius 3 is 2.38 bits per heavy atom. The van der Waals surface area contributed by atoms with E-state index in [-0.39, 0.29) is 23.9 Å². The second kappa shape index (κ2) is 8.83. The molecule has 132 valence electrons. The highest BCUT2D eigenvalue weighted by atomic mass is 16.2. The molecule has 0 spiro atoms. The van der Waals surface area contributed by atoms with Crippen LogP contribution in [0, 0.1) is 0 Å². The van der Waals surface area contributed by atoms with Crippen LogP contribution in [-0.4, -0.2) is 48.4 Å². The smallest absolute Gasteiger partial charge is 0.234 e. The molecule has 2 N–H and O–H groups in total. The van der Waals surface area contributed by atoms with E-state index in [1.54, 1.807) is 6.92 Å². The van der Waals surface area contributed by atoms with Gasteiger partial charge in [-0.25, -0.2) is 0 Å². The maximum atomic E-state index is 12.1.